The van der Waals surface area contributed by atoms with Crippen LogP contribution in [0.1, 0.15) is 42.3 Å². The van der Waals surface area contributed by atoms with E-state index in [1.807, 2.05) is 30.3 Å². The molecule has 0 atom stereocenters. The van der Waals surface area contributed by atoms with E-state index in [-0.39, 0.29) is 5.41 Å². The van der Waals surface area contributed by atoms with Crippen molar-refractivity contribution in [2.24, 2.45) is 0 Å². The monoisotopic (exact) mass is 302 g/mol. The van der Waals surface area contributed by atoms with Gasteiger partial charge in [0.05, 0.1) is 0 Å². The Bertz CT molecular complexity index is 642. The zero-order valence-electron chi connectivity index (χ0n) is 12.5. The van der Waals surface area contributed by atoms with Crippen molar-refractivity contribution in [1.29, 1.82) is 0 Å². The molecule has 110 valence electrons. The molecule has 0 bridgehead atoms. The predicted octanol–water partition coefficient (Wildman–Crippen LogP) is 4.94. The van der Waals surface area contributed by atoms with Gasteiger partial charge in [0.15, 0.2) is 0 Å². The second-order valence-electron chi connectivity index (χ2n) is 6.00. The van der Waals surface area contributed by atoms with Crippen molar-refractivity contribution < 1.29 is 9.53 Å². The number of halogens is 1. The summed E-state index contributed by atoms with van der Waals surface area (Å²) in [6, 6.07) is 15.2. The summed E-state index contributed by atoms with van der Waals surface area (Å²) < 4.78 is 5.81. The van der Waals surface area contributed by atoms with Gasteiger partial charge in [-0.2, -0.15) is 0 Å². The first-order valence-corrected chi connectivity index (χ1v) is 7.27. The average molecular weight is 303 g/mol. The zero-order chi connectivity index (χ0) is 15.5. The van der Waals surface area contributed by atoms with Crippen LogP contribution in [-0.2, 0) is 12.0 Å². The third-order valence-corrected chi connectivity index (χ3v) is 3.53. The lowest BCUT2D eigenvalue weighted by molar-refractivity contribution is 0.107. The van der Waals surface area contributed by atoms with Crippen LogP contribution in [0, 0.1) is 0 Å². The van der Waals surface area contributed by atoms with Crippen molar-refractivity contribution in [1.82, 2.24) is 0 Å². The van der Waals surface area contributed by atoms with Crippen molar-refractivity contribution in [3.05, 3.63) is 65.2 Å². The van der Waals surface area contributed by atoms with Gasteiger partial charge in [-0.15, -0.1) is 0 Å². The molecule has 2 aromatic rings. The summed E-state index contributed by atoms with van der Waals surface area (Å²) in [6.07, 6.45) is 0. The van der Waals surface area contributed by atoms with E-state index in [0.717, 1.165) is 11.3 Å². The Morgan fingerprint density at radius 1 is 1.10 bits per heavy atom. The molecule has 0 saturated carbocycles. The summed E-state index contributed by atoms with van der Waals surface area (Å²) >= 11 is 5.58. The summed E-state index contributed by atoms with van der Waals surface area (Å²) in [7, 11) is 0. The van der Waals surface area contributed by atoms with Crippen LogP contribution in [0.15, 0.2) is 48.5 Å². The molecule has 0 unspecified atom stereocenters. The van der Waals surface area contributed by atoms with E-state index < -0.39 is 5.24 Å². The third-order valence-electron chi connectivity index (χ3n) is 3.32. The Hall–Kier alpha value is -1.80. The first-order chi connectivity index (χ1) is 9.88. The van der Waals surface area contributed by atoms with Gasteiger partial charge in [0.25, 0.3) is 5.24 Å². The summed E-state index contributed by atoms with van der Waals surface area (Å²) in [4.78, 5) is 11.4. The zero-order valence-corrected chi connectivity index (χ0v) is 13.3. The highest BCUT2D eigenvalue weighted by Crippen LogP contribution is 2.26. The highest BCUT2D eigenvalue weighted by atomic mass is 35.5. The van der Waals surface area contributed by atoms with Crippen LogP contribution in [0.2, 0.25) is 0 Å². The van der Waals surface area contributed by atoms with Crippen LogP contribution >= 0.6 is 11.6 Å². The maximum atomic E-state index is 11.4. The van der Waals surface area contributed by atoms with Gasteiger partial charge in [0, 0.05) is 11.1 Å². The second kappa shape index (κ2) is 6.31. The molecule has 0 spiro atoms. The van der Waals surface area contributed by atoms with Crippen LogP contribution in [0.3, 0.4) is 0 Å². The lowest BCUT2D eigenvalue weighted by Crippen LogP contribution is -2.11. The number of hydrogen-bond acceptors (Lipinski definition) is 2. The summed E-state index contributed by atoms with van der Waals surface area (Å²) in [5.41, 5.74) is 2.56. The fourth-order valence-corrected chi connectivity index (χ4v) is 2.24. The quantitative estimate of drug-likeness (QED) is 0.748. The normalized spacial score (nSPS) is 11.2. The first-order valence-electron chi connectivity index (χ1n) is 6.89. The van der Waals surface area contributed by atoms with Gasteiger partial charge in [0.2, 0.25) is 0 Å². The van der Waals surface area contributed by atoms with Crippen molar-refractivity contribution in [2.75, 3.05) is 0 Å². The summed E-state index contributed by atoms with van der Waals surface area (Å²) in [6.45, 7) is 6.80. The number of carbonyl (C=O) groups is 1. The molecule has 3 heteroatoms. The van der Waals surface area contributed by atoms with Crippen molar-refractivity contribution >= 4 is 16.8 Å². The molecule has 0 aliphatic heterocycles. The minimum absolute atomic E-state index is 0.0728. The smallest absolute Gasteiger partial charge is 0.252 e. The molecule has 0 N–H and O–H groups in total. The van der Waals surface area contributed by atoms with Gasteiger partial charge in [-0.05, 0) is 40.8 Å². The topological polar surface area (TPSA) is 26.3 Å². The van der Waals surface area contributed by atoms with Gasteiger partial charge in [-0.1, -0.05) is 51.1 Å². The van der Waals surface area contributed by atoms with Gasteiger partial charge in [0.1, 0.15) is 12.4 Å². The van der Waals surface area contributed by atoms with Crippen molar-refractivity contribution in [2.45, 2.75) is 32.8 Å². The van der Waals surface area contributed by atoms with E-state index in [9.17, 15) is 4.79 Å². The molecule has 0 fully saturated rings. The SMILES string of the molecule is CC(C)(C)c1cccc(OCc2ccccc2C(=O)Cl)c1. The molecule has 0 aromatic heterocycles. The largest absolute Gasteiger partial charge is 0.489 e. The number of ether oxygens (including phenoxy) is 1. The summed E-state index contributed by atoms with van der Waals surface area (Å²) in [5.74, 6) is 0.791. The van der Waals surface area contributed by atoms with Gasteiger partial charge in [-0.3, -0.25) is 4.79 Å². The van der Waals surface area contributed by atoms with Crippen molar-refractivity contribution in [3.63, 3.8) is 0 Å². The lowest BCUT2D eigenvalue weighted by atomic mass is 9.87. The molecule has 0 amide bonds. The molecule has 21 heavy (non-hydrogen) atoms. The molecule has 0 radical (unpaired) electrons. The molecule has 2 rings (SSSR count). The fraction of sp³-hybridized carbons (Fsp3) is 0.278. The Kier molecular flexibility index (Phi) is 4.69. The second-order valence-corrected chi connectivity index (χ2v) is 6.34. The highest BCUT2D eigenvalue weighted by Gasteiger charge is 2.14. The van der Waals surface area contributed by atoms with Crippen LogP contribution in [0.25, 0.3) is 0 Å². The van der Waals surface area contributed by atoms with Crippen molar-refractivity contribution in [3.8, 4) is 5.75 Å². The standard InChI is InChI=1S/C18H19ClO2/c1-18(2,3)14-8-6-9-15(11-14)21-12-13-7-4-5-10-16(13)17(19)20/h4-11H,12H2,1-3H3. The van der Waals surface area contributed by atoms with Gasteiger partial charge in [-0.25, -0.2) is 0 Å². The first kappa shape index (κ1) is 15.6. The van der Waals surface area contributed by atoms with Gasteiger partial charge < -0.3 is 4.74 Å². The molecule has 0 aliphatic rings. The molecular weight excluding hydrogens is 284 g/mol. The number of hydrogen-bond donors (Lipinski definition) is 0. The van der Waals surface area contributed by atoms with E-state index in [1.165, 1.54) is 5.56 Å². The molecule has 2 nitrogen and oxygen atoms in total. The Balaban J connectivity index is 2.16. The van der Waals surface area contributed by atoms with E-state index in [0.29, 0.717) is 12.2 Å². The average Bonchev–Trinajstić information content (AvgIpc) is 2.45. The number of rotatable bonds is 4. The minimum atomic E-state index is -0.461. The highest BCUT2D eigenvalue weighted by molar-refractivity contribution is 6.67. The number of benzene rings is 2. The van der Waals surface area contributed by atoms with E-state index in [4.69, 9.17) is 16.3 Å². The Labute approximate surface area is 130 Å². The minimum Gasteiger partial charge on any atom is -0.489 e. The molecule has 2 aromatic carbocycles. The molecule has 0 saturated heterocycles. The predicted molar refractivity (Wildman–Crippen MR) is 86.1 cm³/mol. The molecular formula is C18H19ClO2. The number of carbonyl (C=O) groups excluding carboxylic acids is 1. The summed E-state index contributed by atoms with van der Waals surface area (Å²) in [5, 5.41) is -0.461. The fourth-order valence-electron chi connectivity index (χ4n) is 2.05. The lowest BCUT2D eigenvalue weighted by Gasteiger charge is -2.20. The third kappa shape index (κ3) is 4.08. The Morgan fingerprint density at radius 3 is 2.48 bits per heavy atom. The van der Waals surface area contributed by atoms with Crippen LogP contribution in [-0.4, -0.2) is 5.24 Å². The maximum Gasteiger partial charge on any atom is 0.252 e. The van der Waals surface area contributed by atoms with Crippen LogP contribution in [0.4, 0.5) is 0 Å². The van der Waals surface area contributed by atoms with Gasteiger partial charge >= 0.3 is 0 Å². The maximum absolute atomic E-state index is 11.4. The van der Waals surface area contributed by atoms with E-state index in [2.05, 4.69) is 26.8 Å². The Morgan fingerprint density at radius 2 is 1.81 bits per heavy atom. The van der Waals surface area contributed by atoms with Crippen LogP contribution < -0.4 is 4.74 Å². The molecule has 0 aliphatic carbocycles. The van der Waals surface area contributed by atoms with E-state index in [1.54, 1.807) is 12.1 Å². The molecule has 0 heterocycles. The van der Waals surface area contributed by atoms with Crippen LogP contribution in [0.5, 0.6) is 5.75 Å². The van der Waals surface area contributed by atoms with E-state index >= 15 is 0 Å².